The Hall–Kier alpha value is -0.220. The summed E-state index contributed by atoms with van der Waals surface area (Å²) in [5, 5.41) is 0.786. The highest BCUT2D eigenvalue weighted by Crippen LogP contribution is 2.26. The highest BCUT2D eigenvalue weighted by molar-refractivity contribution is 7.99. The molecular weight excluding hydrogens is 242 g/mol. The molecule has 0 amide bonds. The molecular formula is C12H18ClNOS. The van der Waals surface area contributed by atoms with Crippen LogP contribution in [0.2, 0.25) is 5.02 Å². The number of benzene rings is 1. The van der Waals surface area contributed by atoms with E-state index in [0.29, 0.717) is 6.61 Å². The predicted molar refractivity (Wildman–Crippen MR) is 71.3 cm³/mol. The minimum Gasteiger partial charge on any atom is -0.380 e. The lowest BCUT2D eigenvalue weighted by Crippen LogP contribution is -2.28. The molecule has 16 heavy (non-hydrogen) atoms. The van der Waals surface area contributed by atoms with Crippen molar-refractivity contribution in [3.05, 3.63) is 29.3 Å². The van der Waals surface area contributed by atoms with Crippen molar-refractivity contribution in [2.45, 2.75) is 24.3 Å². The number of hydrogen-bond acceptors (Lipinski definition) is 3. The molecule has 0 saturated carbocycles. The number of ether oxygens (including phenoxy) is 1. The Morgan fingerprint density at radius 1 is 1.44 bits per heavy atom. The molecule has 0 spiro atoms. The van der Waals surface area contributed by atoms with E-state index in [1.807, 2.05) is 24.3 Å². The van der Waals surface area contributed by atoms with Gasteiger partial charge in [0, 0.05) is 23.3 Å². The monoisotopic (exact) mass is 259 g/mol. The standard InChI is InChI=1S/C12H18ClNOS/c1-2-7-15-8-10(14)9-16-12-6-4-3-5-11(12)13/h3-6,10H,2,7-9,14H2,1H3. The third kappa shape index (κ3) is 5.21. The highest BCUT2D eigenvalue weighted by Gasteiger charge is 2.05. The first-order valence-electron chi connectivity index (χ1n) is 5.44. The van der Waals surface area contributed by atoms with Crippen molar-refractivity contribution in [1.29, 1.82) is 0 Å². The van der Waals surface area contributed by atoms with Gasteiger partial charge in [-0.05, 0) is 18.6 Å². The van der Waals surface area contributed by atoms with Crippen LogP contribution in [0.1, 0.15) is 13.3 Å². The summed E-state index contributed by atoms with van der Waals surface area (Å²) < 4.78 is 5.39. The molecule has 1 rings (SSSR count). The molecule has 0 aliphatic carbocycles. The Kier molecular flexibility index (Phi) is 6.88. The van der Waals surface area contributed by atoms with E-state index in [1.54, 1.807) is 11.8 Å². The lowest BCUT2D eigenvalue weighted by Gasteiger charge is -2.11. The zero-order valence-electron chi connectivity index (χ0n) is 9.49. The Morgan fingerprint density at radius 2 is 2.19 bits per heavy atom. The molecule has 2 nitrogen and oxygen atoms in total. The van der Waals surface area contributed by atoms with Crippen LogP contribution in [0, 0.1) is 0 Å². The molecule has 0 aliphatic heterocycles. The van der Waals surface area contributed by atoms with Crippen molar-refractivity contribution in [3.63, 3.8) is 0 Å². The fraction of sp³-hybridized carbons (Fsp3) is 0.500. The number of nitrogens with two attached hydrogens (primary N) is 1. The van der Waals surface area contributed by atoms with Gasteiger partial charge in [-0.2, -0.15) is 0 Å². The molecule has 90 valence electrons. The van der Waals surface area contributed by atoms with Gasteiger partial charge < -0.3 is 10.5 Å². The molecule has 0 bridgehead atoms. The van der Waals surface area contributed by atoms with Crippen LogP contribution in [0.3, 0.4) is 0 Å². The second-order valence-electron chi connectivity index (χ2n) is 3.58. The average Bonchev–Trinajstić information content (AvgIpc) is 2.28. The van der Waals surface area contributed by atoms with Crippen LogP contribution in [0.4, 0.5) is 0 Å². The molecule has 0 radical (unpaired) electrons. The normalized spacial score (nSPS) is 12.7. The van der Waals surface area contributed by atoms with Gasteiger partial charge in [-0.15, -0.1) is 11.8 Å². The molecule has 1 aromatic rings. The first-order chi connectivity index (χ1) is 7.74. The van der Waals surface area contributed by atoms with Crippen LogP contribution < -0.4 is 5.73 Å². The number of rotatable bonds is 7. The number of halogens is 1. The number of thioether (sulfide) groups is 1. The Labute approximate surface area is 107 Å². The maximum absolute atomic E-state index is 6.04. The molecule has 2 N–H and O–H groups in total. The quantitative estimate of drug-likeness (QED) is 0.603. The van der Waals surface area contributed by atoms with Gasteiger partial charge in [0.2, 0.25) is 0 Å². The fourth-order valence-corrected chi connectivity index (χ4v) is 2.36. The molecule has 1 unspecified atom stereocenters. The second-order valence-corrected chi connectivity index (χ2v) is 5.05. The zero-order valence-corrected chi connectivity index (χ0v) is 11.1. The van der Waals surface area contributed by atoms with Gasteiger partial charge in [-0.1, -0.05) is 30.7 Å². The van der Waals surface area contributed by atoms with Crippen molar-refractivity contribution in [2.75, 3.05) is 19.0 Å². The van der Waals surface area contributed by atoms with Crippen LogP contribution >= 0.6 is 23.4 Å². The summed E-state index contributed by atoms with van der Waals surface area (Å²) in [5.41, 5.74) is 5.92. The van der Waals surface area contributed by atoms with Gasteiger partial charge >= 0.3 is 0 Å². The van der Waals surface area contributed by atoms with Gasteiger partial charge in [-0.3, -0.25) is 0 Å². The van der Waals surface area contributed by atoms with E-state index in [0.717, 1.165) is 28.7 Å². The topological polar surface area (TPSA) is 35.2 Å². The Balaban J connectivity index is 2.26. The van der Waals surface area contributed by atoms with E-state index in [2.05, 4.69) is 6.92 Å². The molecule has 0 heterocycles. The molecule has 4 heteroatoms. The summed E-state index contributed by atoms with van der Waals surface area (Å²) in [6.45, 7) is 3.49. The van der Waals surface area contributed by atoms with Crippen LogP contribution in [0.5, 0.6) is 0 Å². The van der Waals surface area contributed by atoms with Gasteiger partial charge in [-0.25, -0.2) is 0 Å². The van der Waals surface area contributed by atoms with Crippen molar-refractivity contribution < 1.29 is 4.74 Å². The van der Waals surface area contributed by atoms with Crippen LogP contribution in [-0.2, 0) is 4.74 Å². The van der Waals surface area contributed by atoms with Gasteiger partial charge in [0.25, 0.3) is 0 Å². The summed E-state index contributed by atoms with van der Waals surface area (Å²) in [5.74, 6) is 0.827. The van der Waals surface area contributed by atoms with E-state index in [-0.39, 0.29) is 6.04 Å². The number of hydrogen-bond donors (Lipinski definition) is 1. The fourth-order valence-electron chi connectivity index (χ4n) is 1.19. The summed E-state index contributed by atoms with van der Waals surface area (Å²) in [6, 6.07) is 7.87. The zero-order chi connectivity index (χ0) is 11.8. The smallest absolute Gasteiger partial charge is 0.0625 e. The molecule has 0 fully saturated rings. The Morgan fingerprint density at radius 3 is 2.88 bits per heavy atom. The van der Waals surface area contributed by atoms with Gasteiger partial charge in [0.1, 0.15) is 0 Å². The molecule has 0 aliphatic rings. The minimum absolute atomic E-state index is 0.0628. The third-order valence-electron chi connectivity index (χ3n) is 1.97. The lowest BCUT2D eigenvalue weighted by atomic mass is 10.4. The highest BCUT2D eigenvalue weighted by atomic mass is 35.5. The summed E-state index contributed by atoms with van der Waals surface area (Å²) in [6.07, 6.45) is 1.03. The van der Waals surface area contributed by atoms with Gasteiger partial charge in [0.15, 0.2) is 0 Å². The minimum atomic E-state index is 0.0628. The predicted octanol–water partition coefficient (Wildman–Crippen LogP) is 3.19. The lowest BCUT2D eigenvalue weighted by molar-refractivity contribution is 0.126. The molecule has 0 saturated heterocycles. The summed E-state index contributed by atoms with van der Waals surface area (Å²) in [7, 11) is 0. The van der Waals surface area contributed by atoms with Crippen molar-refractivity contribution >= 4 is 23.4 Å². The van der Waals surface area contributed by atoms with Crippen molar-refractivity contribution in [1.82, 2.24) is 0 Å². The molecule has 1 atom stereocenters. The van der Waals surface area contributed by atoms with E-state index in [9.17, 15) is 0 Å². The summed E-state index contributed by atoms with van der Waals surface area (Å²) in [4.78, 5) is 1.08. The third-order valence-corrected chi connectivity index (χ3v) is 3.67. The van der Waals surface area contributed by atoms with E-state index in [4.69, 9.17) is 22.1 Å². The Bertz CT molecular complexity index is 309. The van der Waals surface area contributed by atoms with Crippen LogP contribution in [-0.4, -0.2) is 25.0 Å². The largest absolute Gasteiger partial charge is 0.380 e. The maximum Gasteiger partial charge on any atom is 0.0625 e. The SMILES string of the molecule is CCCOCC(N)CSc1ccccc1Cl. The average molecular weight is 260 g/mol. The maximum atomic E-state index is 6.04. The molecule has 1 aromatic carbocycles. The van der Waals surface area contributed by atoms with Gasteiger partial charge in [0.05, 0.1) is 11.6 Å². The van der Waals surface area contributed by atoms with E-state index >= 15 is 0 Å². The second kappa shape index (κ2) is 7.96. The first kappa shape index (κ1) is 13.8. The van der Waals surface area contributed by atoms with Crippen LogP contribution in [0.15, 0.2) is 29.2 Å². The first-order valence-corrected chi connectivity index (χ1v) is 6.81. The van der Waals surface area contributed by atoms with Crippen LogP contribution in [0.25, 0.3) is 0 Å². The summed E-state index contributed by atoms with van der Waals surface area (Å²) >= 11 is 7.72. The van der Waals surface area contributed by atoms with Crippen molar-refractivity contribution in [3.8, 4) is 0 Å². The molecule has 0 aromatic heterocycles. The van der Waals surface area contributed by atoms with E-state index in [1.165, 1.54) is 0 Å². The van der Waals surface area contributed by atoms with E-state index < -0.39 is 0 Å². The van der Waals surface area contributed by atoms with Crippen molar-refractivity contribution in [2.24, 2.45) is 5.73 Å².